The molecule has 2 amide bonds. The van der Waals surface area contributed by atoms with Crippen LogP contribution in [0.5, 0.6) is 5.75 Å². The van der Waals surface area contributed by atoms with Crippen molar-refractivity contribution in [2.75, 3.05) is 25.6 Å². The van der Waals surface area contributed by atoms with Crippen LogP contribution in [0.4, 0.5) is 10.5 Å². The molecule has 0 aliphatic carbocycles. The van der Waals surface area contributed by atoms with Gasteiger partial charge in [0.05, 0.1) is 11.6 Å². The number of benzene rings is 2. The van der Waals surface area contributed by atoms with E-state index in [-0.39, 0.29) is 6.03 Å². The lowest BCUT2D eigenvalue weighted by Crippen LogP contribution is -2.28. The number of hydrogen-bond donors (Lipinski definition) is 2. The summed E-state index contributed by atoms with van der Waals surface area (Å²) in [5.74, 6) is 0.542. The lowest BCUT2D eigenvalue weighted by molar-refractivity contribution is 0.146. The fourth-order valence-electron chi connectivity index (χ4n) is 1.89. The highest BCUT2D eigenvalue weighted by Gasteiger charge is 2.06. The first-order valence-electron chi connectivity index (χ1n) is 7.29. The SMILES string of the molecule is COCCOc1ccc(NC(=O)NCc2ccc(Cl)cc2)cc1Cl. The molecule has 5 nitrogen and oxygen atoms in total. The Labute approximate surface area is 150 Å². The number of halogens is 2. The fourth-order valence-corrected chi connectivity index (χ4v) is 2.25. The summed E-state index contributed by atoms with van der Waals surface area (Å²) in [4.78, 5) is 11.9. The second-order valence-corrected chi connectivity index (χ2v) is 5.76. The van der Waals surface area contributed by atoms with Crippen molar-refractivity contribution in [1.29, 1.82) is 0 Å². The van der Waals surface area contributed by atoms with E-state index in [2.05, 4.69) is 10.6 Å². The van der Waals surface area contributed by atoms with Gasteiger partial charge >= 0.3 is 6.03 Å². The van der Waals surface area contributed by atoms with E-state index in [4.69, 9.17) is 32.7 Å². The molecule has 0 aliphatic heterocycles. The number of rotatable bonds is 7. The second-order valence-electron chi connectivity index (χ2n) is 4.92. The molecule has 0 saturated carbocycles. The first kappa shape index (κ1) is 18.4. The van der Waals surface area contributed by atoms with Gasteiger partial charge in [-0.1, -0.05) is 35.3 Å². The molecule has 0 fully saturated rings. The maximum Gasteiger partial charge on any atom is 0.319 e. The minimum Gasteiger partial charge on any atom is -0.490 e. The van der Waals surface area contributed by atoms with Crippen LogP contribution in [0.2, 0.25) is 10.0 Å². The van der Waals surface area contributed by atoms with Gasteiger partial charge in [0, 0.05) is 24.4 Å². The number of methoxy groups -OCH3 is 1. The van der Waals surface area contributed by atoms with Crippen LogP contribution in [0, 0.1) is 0 Å². The molecule has 0 aliphatic rings. The van der Waals surface area contributed by atoms with Crippen molar-refractivity contribution in [3.63, 3.8) is 0 Å². The highest BCUT2D eigenvalue weighted by Crippen LogP contribution is 2.27. The standard InChI is InChI=1S/C17H18Cl2N2O3/c1-23-8-9-24-16-7-6-14(10-15(16)19)21-17(22)20-11-12-2-4-13(18)5-3-12/h2-7,10H,8-9,11H2,1H3,(H2,20,21,22). The van der Waals surface area contributed by atoms with E-state index in [1.165, 1.54) is 0 Å². The quantitative estimate of drug-likeness (QED) is 0.714. The van der Waals surface area contributed by atoms with Crippen LogP contribution in [0.1, 0.15) is 5.56 Å². The Morgan fingerprint density at radius 1 is 1.08 bits per heavy atom. The fraction of sp³-hybridized carbons (Fsp3) is 0.235. The first-order chi connectivity index (χ1) is 11.6. The molecule has 128 valence electrons. The normalized spacial score (nSPS) is 10.3. The predicted molar refractivity (Wildman–Crippen MR) is 96.1 cm³/mol. The third kappa shape index (κ3) is 5.92. The van der Waals surface area contributed by atoms with Gasteiger partial charge in [0.15, 0.2) is 0 Å². The van der Waals surface area contributed by atoms with E-state index in [1.807, 2.05) is 12.1 Å². The summed E-state index contributed by atoms with van der Waals surface area (Å²) in [6.07, 6.45) is 0. The van der Waals surface area contributed by atoms with Gasteiger partial charge in [0.25, 0.3) is 0 Å². The lowest BCUT2D eigenvalue weighted by atomic mass is 10.2. The molecule has 2 rings (SSSR count). The Bertz CT molecular complexity index is 678. The smallest absolute Gasteiger partial charge is 0.319 e. The van der Waals surface area contributed by atoms with Crippen LogP contribution in [0.3, 0.4) is 0 Å². The first-order valence-corrected chi connectivity index (χ1v) is 8.04. The molecule has 2 aromatic carbocycles. The van der Waals surface area contributed by atoms with Crippen molar-refractivity contribution in [1.82, 2.24) is 5.32 Å². The Morgan fingerprint density at radius 3 is 2.50 bits per heavy atom. The summed E-state index contributed by atoms with van der Waals surface area (Å²) in [5.41, 5.74) is 1.53. The van der Waals surface area contributed by atoms with E-state index in [1.54, 1.807) is 37.4 Å². The number of ether oxygens (including phenoxy) is 2. The van der Waals surface area contributed by atoms with E-state index in [0.717, 1.165) is 5.56 Å². The summed E-state index contributed by atoms with van der Waals surface area (Å²) in [6.45, 7) is 1.28. The number of amides is 2. The average molecular weight is 369 g/mol. The Morgan fingerprint density at radius 2 is 1.83 bits per heavy atom. The number of hydrogen-bond acceptors (Lipinski definition) is 3. The number of urea groups is 1. The van der Waals surface area contributed by atoms with E-state index in [0.29, 0.717) is 41.2 Å². The van der Waals surface area contributed by atoms with Crippen LogP contribution in [0.25, 0.3) is 0 Å². The lowest BCUT2D eigenvalue weighted by Gasteiger charge is -2.11. The Balaban J connectivity index is 1.84. The monoisotopic (exact) mass is 368 g/mol. The van der Waals surface area contributed by atoms with Gasteiger partial charge in [-0.3, -0.25) is 0 Å². The molecule has 2 aromatic rings. The third-order valence-electron chi connectivity index (χ3n) is 3.10. The molecule has 0 bridgehead atoms. The van der Waals surface area contributed by atoms with Crippen molar-refractivity contribution in [2.24, 2.45) is 0 Å². The summed E-state index contributed by atoms with van der Waals surface area (Å²) >= 11 is 11.9. The largest absolute Gasteiger partial charge is 0.490 e. The zero-order chi connectivity index (χ0) is 17.4. The van der Waals surface area contributed by atoms with Gasteiger partial charge in [-0.2, -0.15) is 0 Å². The summed E-state index contributed by atoms with van der Waals surface area (Å²) in [5, 5.41) is 6.55. The molecule has 0 spiro atoms. The van der Waals surface area contributed by atoms with Crippen LogP contribution >= 0.6 is 23.2 Å². The molecule has 24 heavy (non-hydrogen) atoms. The van der Waals surface area contributed by atoms with Crippen molar-refractivity contribution in [3.05, 3.63) is 58.1 Å². The molecular formula is C17H18Cl2N2O3. The predicted octanol–water partition coefficient (Wildman–Crippen LogP) is 4.34. The molecule has 0 aromatic heterocycles. The summed E-state index contributed by atoms with van der Waals surface area (Å²) in [6, 6.07) is 12.0. The van der Waals surface area contributed by atoms with Crippen LogP contribution in [-0.2, 0) is 11.3 Å². The zero-order valence-corrected chi connectivity index (χ0v) is 14.7. The van der Waals surface area contributed by atoms with Crippen molar-refractivity contribution in [2.45, 2.75) is 6.54 Å². The van der Waals surface area contributed by atoms with E-state index >= 15 is 0 Å². The number of anilines is 1. The molecule has 7 heteroatoms. The average Bonchev–Trinajstić information content (AvgIpc) is 2.56. The minimum absolute atomic E-state index is 0.325. The topological polar surface area (TPSA) is 59.6 Å². The molecule has 0 radical (unpaired) electrons. The van der Waals surface area contributed by atoms with Crippen LogP contribution in [0.15, 0.2) is 42.5 Å². The van der Waals surface area contributed by atoms with Crippen molar-refractivity contribution < 1.29 is 14.3 Å². The number of nitrogens with one attached hydrogen (secondary N) is 2. The van der Waals surface area contributed by atoms with Crippen molar-refractivity contribution in [3.8, 4) is 5.75 Å². The highest BCUT2D eigenvalue weighted by molar-refractivity contribution is 6.32. The van der Waals surface area contributed by atoms with Gasteiger partial charge in [0.1, 0.15) is 12.4 Å². The van der Waals surface area contributed by atoms with Gasteiger partial charge < -0.3 is 20.1 Å². The van der Waals surface area contributed by atoms with Crippen LogP contribution in [-0.4, -0.2) is 26.4 Å². The van der Waals surface area contributed by atoms with Gasteiger partial charge in [-0.05, 0) is 35.9 Å². The minimum atomic E-state index is -0.325. The third-order valence-corrected chi connectivity index (χ3v) is 3.65. The zero-order valence-electron chi connectivity index (χ0n) is 13.1. The number of carbonyl (C=O) groups excluding carboxylic acids is 1. The van der Waals surface area contributed by atoms with E-state index < -0.39 is 0 Å². The second kappa shape index (κ2) is 9.37. The molecule has 0 atom stereocenters. The van der Waals surface area contributed by atoms with Gasteiger partial charge in [-0.25, -0.2) is 4.79 Å². The molecule has 0 unspecified atom stereocenters. The van der Waals surface area contributed by atoms with E-state index in [9.17, 15) is 4.79 Å². The maximum atomic E-state index is 11.9. The molecular weight excluding hydrogens is 351 g/mol. The number of carbonyl (C=O) groups is 1. The Hall–Kier alpha value is -1.95. The van der Waals surface area contributed by atoms with Gasteiger partial charge in [-0.15, -0.1) is 0 Å². The molecule has 0 heterocycles. The molecule has 2 N–H and O–H groups in total. The summed E-state index contributed by atoms with van der Waals surface area (Å²) in [7, 11) is 1.60. The van der Waals surface area contributed by atoms with Crippen molar-refractivity contribution >= 4 is 34.9 Å². The Kier molecular flexibility index (Phi) is 7.18. The molecule has 0 saturated heterocycles. The summed E-state index contributed by atoms with van der Waals surface area (Å²) < 4.78 is 10.4. The maximum absolute atomic E-state index is 11.9. The van der Waals surface area contributed by atoms with Crippen LogP contribution < -0.4 is 15.4 Å². The highest BCUT2D eigenvalue weighted by atomic mass is 35.5. The van der Waals surface area contributed by atoms with Gasteiger partial charge in [0.2, 0.25) is 0 Å².